The van der Waals surface area contributed by atoms with Crippen molar-refractivity contribution in [1.29, 1.82) is 0 Å². The van der Waals surface area contributed by atoms with E-state index in [-0.39, 0.29) is 23.5 Å². The molecule has 1 saturated heterocycles. The van der Waals surface area contributed by atoms with Crippen LogP contribution in [0.1, 0.15) is 6.42 Å². The molecule has 2 amide bonds. The van der Waals surface area contributed by atoms with Gasteiger partial charge < -0.3 is 0 Å². The molecule has 1 atom stereocenters. The standard InChI is InChI=1S/C16H13NO2S/c18-15-11-14(20-13-9-5-2-6-10-13)16(19)17(15)12-7-3-1-4-8-12/h1-10,14H,11H2/t14-/m1/s1. The molecular formula is C16H13NO2S. The van der Waals surface area contributed by atoms with Crippen molar-refractivity contribution >= 4 is 29.3 Å². The van der Waals surface area contributed by atoms with E-state index in [2.05, 4.69) is 0 Å². The number of rotatable bonds is 3. The maximum Gasteiger partial charge on any atom is 0.247 e. The summed E-state index contributed by atoms with van der Waals surface area (Å²) in [6.45, 7) is 0. The molecule has 1 aliphatic heterocycles. The first-order valence-electron chi connectivity index (χ1n) is 6.39. The molecule has 2 aromatic rings. The first kappa shape index (κ1) is 12.9. The summed E-state index contributed by atoms with van der Waals surface area (Å²) in [5.74, 6) is -0.260. The minimum atomic E-state index is -0.329. The van der Waals surface area contributed by atoms with Gasteiger partial charge in [0.15, 0.2) is 0 Å². The van der Waals surface area contributed by atoms with Crippen molar-refractivity contribution in [2.75, 3.05) is 4.90 Å². The number of anilines is 1. The molecule has 4 heteroatoms. The smallest absolute Gasteiger partial charge is 0.247 e. The molecule has 0 radical (unpaired) electrons. The molecule has 3 nitrogen and oxygen atoms in total. The highest BCUT2D eigenvalue weighted by atomic mass is 32.2. The van der Waals surface area contributed by atoms with E-state index in [1.165, 1.54) is 16.7 Å². The van der Waals surface area contributed by atoms with Gasteiger partial charge in [0.2, 0.25) is 11.8 Å². The molecule has 0 aliphatic carbocycles. The van der Waals surface area contributed by atoms with Crippen LogP contribution in [0, 0.1) is 0 Å². The monoisotopic (exact) mass is 283 g/mol. The summed E-state index contributed by atoms with van der Waals surface area (Å²) in [7, 11) is 0. The molecule has 0 aromatic heterocycles. The summed E-state index contributed by atoms with van der Waals surface area (Å²) < 4.78 is 0. The Kier molecular flexibility index (Phi) is 3.56. The Labute approximate surface area is 121 Å². The number of amides is 2. The summed E-state index contributed by atoms with van der Waals surface area (Å²) in [5.41, 5.74) is 0.652. The number of nitrogens with zero attached hydrogens (tertiary/aromatic N) is 1. The molecule has 100 valence electrons. The normalized spacial score (nSPS) is 18.6. The second kappa shape index (κ2) is 5.51. The molecule has 0 N–H and O–H groups in total. The molecule has 20 heavy (non-hydrogen) atoms. The molecule has 1 fully saturated rings. The zero-order chi connectivity index (χ0) is 13.9. The fraction of sp³-hybridized carbons (Fsp3) is 0.125. The van der Waals surface area contributed by atoms with Gasteiger partial charge in [-0.25, -0.2) is 4.90 Å². The van der Waals surface area contributed by atoms with Gasteiger partial charge in [-0.2, -0.15) is 0 Å². The summed E-state index contributed by atoms with van der Waals surface area (Å²) in [4.78, 5) is 26.8. The fourth-order valence-electron chi connectivity index (χ4n) is 2.21. The van der Waals surface area contributed by atoms with E-state index in [0.29, 0.717) is 5.69 Å². The molecule has 3 rings (SSSR count). The van der Waals surface area contributed by atoms with Crippen LogP contribution >= 0.6 is 11.8 Å². The number of hydrogen-bond acceptors (Lipinski definition) is 3. The predicted molar refractivity (Wildman–Crippen MR) is 79.6 cm³/mol. The van der Waals surface area contributed by atoms with E-state index in [4.69, 9.17) is 0 Å². The van der Waals surface area contributed by atoms with Crippen molar-refractivity contribution in [1.82, 2.24) is 0 Å². The Morgan fingerprint density at radius 2 is 1.50 bits per heavy atom. The lowest BCUT2D eigenvalue weighted by Crippen LogP contribution is -2.30. The summed E-state index contributed by atoms with van der Waals surface area (Å²) in [5, 5.41) is -0.329. The molecule has 0 bridgehead atoms. The van der Waals surface area contributed by atoms with E-state index >= 15 is 0 Å². The van der Waals surface area contributed by atoms with Crippen LogP contribution in [0.25, 0.3) is 0 Å². The summed E-state index contributed by atoms with van der Waals surface area (Å²) in [6.07, 6.45) is 0.257. The van der Waals surface area contributed by atoms with E-state index in [1.54, 1.807) is 12.1 Å². The summed E-state index contributed by atoms with van der Waals surface area (Å²) >= 11 is 1.45. The van der Waals surface area contributed by atoms with Crippen LogP contribution in [0.2, 0.25) is 0 Å². The molecule has 2 aromatic carbocycles. The SMILES string of the molecule is O=C1C[C@@H](Sc2ccccc2)C(=O)N1c1ccccc1. The Morgan fingerprint density at radius 3 is 2.15 bits per heavy atom. The number of benzene rings is 2. The first-order chi connectivity index (χ1) is 9.75. The third kappa shape index (κ3) is 2.47. The average molecular weight is 283 g/mol. The summed E-state index contributed by atoms with van der Waals surface area (Å²) in [6, 6.07) is 18.8. The van der Waals surface area contributed by atoms with Gasteiger partial charge in [-0.1, -0.05) is 36.4 Å². The maximum atomic E-state index is 12.4. The van der Waals surface area contributed by atoms with E-state index in [9.17, 15) is 9.59 Å². The first-order valence-corrected chi connectivity index (χ1v) is 7.27. The number of para-hydroxylation sites is 1. The van der Waals surface area contributed by atoms with Crippen molar-refractivity contribution in [3.05, 3.63) is 60.7 Å². The van der Waals surface area contributed by atoms with Gasteiger partial charge in [-0.3, -0.25) is 9.59 Å². The van der Waals surface area contributed by atoms with Crippen molar-refractivity contribution in [3.63, 3.8) is 0 Å². The van der Waals surface area contributed by atoms with Crippen molar-refractivity contribution < 1.29 is 9.59 Å². The Balaban J connectivity index is 1.81. The molecule has 0 saturated carbocycles. The lowest BCUT2D eigenvalue weighted by molar-refractivity contribution is -0.121. The number of hydrogen-bond donors (Lipinski definition) is 0. The maximum absolute atomic E-state index is 12.4. The topological polar surface area (TPSA) is 37.4 Å². The van der Waals surface area contributed by atoms with Gasteiger partial charge >= 0.3 is 0 Å². The van der Waals surface area contributed by atoms with E-state index in [1.807, 2.05) is 48.5 Å². The van der Waals surface area contributed by atoms with Gasteiger partial charge in [0, 0.05) is 11.3 Å². The molecule has 0 unspecified atom stereocenters. The molecular weight excluding hydrogens is 270 g/mol. The number of thioether (sulfide) groups is 1. The van der Waals surface area contributed by atoms with Crippen molar-refractivity contribution in [2.24, 2.45) is 0 Å². The second-order valence-electron chi connectivity index (χ2n) is 4.53. The largest absolute Gasteiger partial charge is 0.274 e. The van der Waals surface area contributed by atoms with Crippen LogP contribution in [-0.2, 0) is 9.59 Å². The van der Waals surface area contributed by atoms with Gasteiger partial charge in [0.05, 0.1) is 10.9 Å². The zero-order valence-electron chi connectivity index (χ0n) is 10.7. The number of carbonyl (C=O) groups excluding carboxylic acids is 2. The lowest BCUT2D eigenvalue weighted by atomic mass is 10.3. The van der Waals surface area contributed by atoms with Crippen molar-refractivity contribution in [2.45, 2.75) is 16.6 Å². The highest BCUT2D eigenvalue weighted by Crippen LogP contribution is 2.33. The Morgan fingerprint density at radius 1 is 0.900 bits per heavy atom. The number of imide groups is 1. The second-order valence-corrected chi connectivity index (χ2v) is 5.80. The van der Waals surface area contributed by atoms with Gasteiger partial charge in [-0.05, 0) is 24.3 Å². The Hall–Kier alpha value is -2.07. The van der Waals surface area contributed by atoms with Crippen LogP contribution < -0.4 is 4.90 Å². The third-order valence-corrected chi connectivity index (χ3v) is 4.34. The highest BCUT2D eigenvalue weighted by Gasteiger charge is 2.39. The average Bonchev–Trinajstić information content (AvgIpc) is 2.75. The highest BCUT2D eigenvalue weighted by molar-refractivity contribution is 8.00. The van der Waals surface area contributed by atoms with Crippen LogP contribution in [0.5, 0.6) is 0 Å². The molecule has 1 aliphatic rings. The molecule has 0 spiro atoms. The lowest BCUT2D eigenvalue weighted by Gasteiger charge is -2.14. The predicted octanol–water partition coefficient (Wildman–Crippen LogP) is 3.11. The zero-order valence-corrected chi connectivity index (χ0v) is 11.5. The van der Waals surface area contributed by atoms with Crippen LogP contribution in [0.3, 0.4) is 0 Å². The fourth-order valence-corrected chi connectivity index (χ4v) is 3.28. The van der Waals surface area contributed by atoms with E-state index < -0.39 is 0 Å². The Bertz CT molecular complexity index is 627. The minimum absolute atomic E-state index is 0.130. The molecule has 1 heterocycles. The third-order valence-electron chi connectivity index (χ3n) is 3.14. The van der Waals surface area contributed by atoms with Gasteiger partial charge in [0.25, 0.3) is 0 Å². The quantitative estimate of drug-likeness (QED) is 0.812. The van der Waals surface area contributed by atoms with Crippen LogP contribution in [0.4, 0.5) is 5.69 Å². The minimum Gasteiger partial charge on any atom is -0.274 e. The van der Waals surface area contributed by atoms with Gasteiger partial charge in [-0.15, -0.1) is 11.8 Å². The van der Waals surface area contributed by atoms with Crippen molar-refractivity contribution in [3.8, 4) is 0 Å². The van der Waals surface area contributed by atoms with E-state index in [0.717, 1.165) is 4.90 Å². The van der Waals surface area contributed by atoms with Crippen LogP contribution in [-0.4, -0.2) is 17.1 Å². The number of carbonyl (C=O) groups is 2. The van der Waals surface area contributed by atoms with Crippen LogP contribution in [0.15, 0.2) is 65.6 Å². The van der Waals surface area contributed by atoms with Gasteiger partial charge in [0.1, 0.15) is 0 Å².